The summed E-state index contributed by atoms with van der Waals surface area (Å²) < 4.78 is 15.1. The summed E-state index contributed by atoms with van der Waals surface area (Å²) in [5.74, 6) is -0.146. The van der Waals surface area contributed by atoms with Crippen molar-refractivity contribution in [2.45, 2.75) is 0 Å². The van der Waals surface area contributed by atoms with Crippen molar-refractivity contribution in [3.63, 3.8) is 0 Å². The van der Waals surface area contributed by atoms with Crippen LogP contribution in [0.3, 0.4) is 0 Å². The first kappa shape index (κ1) is 19.7. The molecule has 2 aromatic carbocycles. The topological polar surface area (TPSA) is 97.7 Å². The third kappa shape index (κ3) is 4.11. The molecule has 1 heterocycles. The summed E-state index contributed by atoms with van der Waals surface area (Å²) in [6.45, 7) is 0.216. The number of anilines is 1. The first-order valence-corrected chi connectivity index (χ1v) is 8.51. The maximum atomic E-state index is 12.7. The summed E-state index contributed by atoms with van der Waals surface area (Å²) in [6.07, 6.45) is 4.75. The molecule has 8 heteroatoms. The van der Waals surface area contributed by atoms with E-state index in [9.17, 15) is 14.7 Å². The Hall–Kier alpha value is -4.07. The van der Waals surface area contributed by atoms with E-state index < -0.39 is 5.91 Å². The summed E-state index contributed by atoms with van der Waals surface area (Å²) in [6, 6.07) is 12.0. The number of phenols is 1. The van der Waals surface area contributed by atoms with Crippen molar-refractivity contribution in [2.24, 2.45) is 5.10 Å². The largest absolute Gasteiger partial charge is 0.502 e. The Bertz CT molecular complexity index is 986. The highest BCUT2D eigenvalue weighted by atomic mass is 16.5. The molecular weight excluding hydrogens is 376 g/mol. The zero-order valence-electron chi connectivity index (χ0n) is 15.7. The number of nitrogens with zero attached hydrogens (tertiary/aromatic N) is 2. The van der Waals surface area contributed by atoms with Crippen LogP contribution in [-0.2, 0) is 14.3 Å². The summed E-state index contributed by atoms with van der Waals surface area (Å²) in [7, 11) is 2.86. The van der Waals surface area contributed by atoms with Gasteiger partial charge in [0.1, 0.15) is 5.57 Å². The minimum absolute atomic E-state index is 0.0978. The van der Waals surface area contributed by atoms with Gasteiger partial charge in [0.25, 0.3) is 18.3 Å². The fourth-order valence-electron chi connectivity index (χ4n) is 2.68. The van der Waals surface area contributed by atoms with Gasteiger partial charge < -0.3 is 19.3 Å². The second kappa shape index (κ2) is 8.75. The van der Waals surface area contributed by atoms with Crippen molar-refractivity contribution in [1.29, 1.82) is 0 Å². The molecule has 0 radical (unpaired) electrons. The van der Waals surface area contributed by atoms with E-state index in [1.54, 1.807) is 48.6 Å². The van der Waals surface area contributed by atoms with E-state index >= 15 is 0 Å². The molecular formula is C21H18N2O6. The lowest BCUT2D eigenvalue weighted by molar-refractivity contribution is -0.121. The van der Waals surface area contributed by atoms with E-state index in [1.807, 2.05) is 6.07 Å². The number of carbonyl (C=O) groups excluding carboxylic acids is 2. The normalized spacial score (nSPS) is 15.0. The molecule has 1 aliphatic heterocycles. The quantitative estimate of drug-likeness (QED) is 0.598. The molecule has 1 aliphatic rings. The molecule has 0 bridgehead atoms. The molecule has 29 heavy (non-hydrogen) atoms. The zero-order valence-corrected chi connectivity index (χ0v) is 15.7. The summed E-state index contributed by atoms with van der Waals surface area (Å²) in [5.41, 5.74) is 1.33. The Balaban J connectivity index is 1.90. The summed E-state index contributed by atoms with van der Waals surface area (Å²) in [5, 5.41) is 15.2. The van der Waals surface area contributed by atoms with E-state index in [1.165, 1.54) is 20.3 Å². The highest BCUT2D eigenvalue weighted by Gasteiger charge is 2.32. The van der Waals surface area contributed by atoms with E-state index in [0.717, 1.165) is 5.01 Å². The molecule has 1 N–H and O–H groups in total. The third-order valence-electron chi connectivity index (χ3n) is 4.06. The lowest BCUT2D eigenvalue weighted by Gasteiger charge is -2.10. The minimum atomic E-state index is -0.432. The van der Waals surface area contributed by atoms with Crippen molar-refractivity contribution in [1.82, 2.24) is 0 Å². The standard InChI is InChI=1S/C21H18N2O6/c1-27-17-11-14(12-18(28-2)19(17)25)7-6-10-16-20(29-13-24)22-23(21(16)26)15-8-4-3-5-9-15/h3-13,25H,1-2H3. The first-order chi connectivity index (χ1) is 14.1. The number of aromatic hydroxyl groups is 1. The van der Waals surface area contributed by atoms with E-state index in [-0.39, 0.29) is 35.2 Å². The van der Waals surface area contributed by atoms with Crippen LogP contribution in [0, 0.1) is 0 Å². The molecule has 3 rings (SSSR count). The van der Waals surface area contributed by atoms with Gasteiger partial charge >= 0.3 is 0 Å². The van der Waals surface area contributed by atoms with Crippen molar-refractivity contribution in [2.75, 3.05) is 19.2 Å². The number of benzene rings is 2. The minimum Gasteiger partial charge on any atom is -0.502 e. The van der Waals surface area contributed by atoms with Crippen LogP contribution in [0.2, 0.25) is 0 Å². The molecule has 0 atom stereocenters. The number of hydrogen-bond acceptors (Lipinski definition) is 7. The number of allylic oxidation sites excluding steroid dienone is 2. The number of carbonyl (C=O) groups is 2. The number of rotatable bonds is 6. The second-order valence-electron chi connectivity index (χ2n) is 5.79. The van der Waals surface area contributed by atoms with Crippen molar-refractivity contribution in [3.8, 4) is 17.2 Å². The molecule has 8 nitrogen and oxygen atoms in total. The molecule has 148 valence electrons. The van der Waals surface area contributed by atoms with Crippen molar-refractivity contribution < 1.29 is 28.9 Å². The SMILES string of the molecule is COc1cc(C=CC=C2C(=O)N(c3ccccc3)N=C2OC=O)cc(OC)c1O. The number of hydrazone groups is 1. The molecule has 0 spiro atoms. The Morgan fingerprint density at radius 3 is 2.31 bits per heavy atom. The molecule has 1 amide bonds. The van der Waals surface area contributed by atoms with Crippen LogP contribution in [0.5, 0.6) is 17.2 Å². The average molecular weight is 394 g/mol. The lowest BCUT2D eigenvalue weighted by Crippen LogP contribution is -2.21. The molecule has 0 saturated heterocycles. The van der Waals surface area contributed by atoms with E-state index in [2.05, 4.69) is 5.10 Å². The number of phenolic OH excluding ortho intramolecular Hbond substituents is 1. The number of hydrogen-bond donors (Lipinski definition) is 1. The molecule has 0 aliphatic carbocycles. The Labute approximate surface area is 166 Å². The Morgan fingerprint density at radius 1 is 1.07 bits per heavy atom. The van der Waals surface area contributed by atoms with Gasteiger partial charge in [0, 0.05) is 0 Å². The predicted octanol–water partition coefficient (Wildman–Crippen LogP) is 2.88. The van der Waals surface area contributed by atoms with Crippen molar-refractivity contribution >= 4 is 30.0 Å². The Morgan fingerprint density at radius 2 is 1.72 bits per heavy atom. The van der Waals surface area contributed by atoms with Crippen LogP contribution in [0.15, 0.2) is 65.3 Å². The van der Waals surface area contributed by atoms with Crippen LogP contribution >= 0.6 is 0 Å². The van der Waals surface area contributed by atoms with Gasteiger partial charge in [0.2, 0.25) is 5.75 Å². The van der Waals surface area contributed by atoms with Crippen LogP contribution < -0.4 is 14.5 Å². The second-order valence-corrected chi connectivity index (χ2v) is 5.79. The van der Waals surface area contributed by atoms with E-state index in [0.29, 0.717) is 11.3 Å². The molecule has 0 saturated carbocycles. The highest BCUT2D eigenvalue weighted by Crippen LogP contribution is 2.37. The molecule has 2 aromatic rings. The Kier molecular flexibility index (Phi) is 5.94. The van der Waals surface area contributed by atoms with Crippen LogP contribution in [0.4, 0.5) is 5.69 Å². The van der Waals surface area contributed by atoms with Gasteiger partial charge in [-0.05, 0) is 35.9 Å². The zero-order chi connectivity index (χ0) is 20.8. The van der Waals surface area contributed by atoms with Gasteiger partial charge in [0.05, 0.1) is 19.9 Å². The predicted molar refractivity (Wildman–Crippen MR) is 107 cm³/mol. The fourth-order valence-corrected chi connectivity index (χ4v) is 2.68. The summed E-state index contributed by atoms with van der Waals surface area (Å²) in [4.78, 5) is 23.5. The molecule has 0 unspecified atom stereocenters. The van der Waals surface area contributed by atoms with Gasteiger partial charge in [-0.1, -0.05) is 30.4 Å². The van der Waals surface area contributed by atoms with Crippen LogP contribution in [0.25, 0.3) is 6.08 Å². The number of para-hydroxylation sites is 1. The van der Waals surface area contributed by atoms with Gasteiger partial charge in [-0.15, -0.1) is 5.10 Å². The van der Waals surface area contributed by atoms with Crippen LogP contribution in [0.1, 0.15) is 5.56 Å². The van der Waals surface area contributed by atoms with Gasteiger partial charge in [-0.3, -0.25) is 9.59 Å². The highest BCUT2D eigenvalue weighted by molar-refractivity contribution is 6.28. The van der Waals surface area contributed by atoms with Gasteiger partial charge in [-0.2, -0.15) is 5.01 Å². The monoisotopic (exact) mass is 394 g/mol. The summed E-state index contributed by atoms with van der Waals surface area (Å²) >= 11 is 0. The van der Waals surface area contributed by atoms with Crippen LogP contribution in [-0.4, -0.2) is 37.6 Å². The maximum absolute atomic E-state index is 12.7. The van der Waals surface area contributed by atoms with Gasteiger partial charge in [0.15, 0.2) is 11.5 Å². The van der Waals surface area contributed by atoms with E-state index in [4.69, 9.17) is 14.2 Å². The lowest BCUT2D eigenvalue weighted by atomic mass is 10.1. The van der Waals surface area contributed by atoms with Gasteiger partial charge in [-0.25, -0.2) is 0 Å². The average Bonchev–Trinajstić information content (AvgIpc) is 3.05. The maximum Gasteiger partial charge on any atom is 0.299 e. The number of amides is 1. The molecule has 0 aromatic heterocycles. The smallest absolute Gasteiger partial charge is 0.299 e. The third-order valence-corrected chi connectivity index (χ3v) is 4.06. The van der Waals surface area contributed by atoms with Crippen molar-refractivity contribution in [3.05, 3.63) is 65.8 Å². The first-order valence-electron chi connectivity index (χ1n) is 8.51. The number of methoxy groups -OCH3 is 2. The number of ether oxygens (including phenoxy) is 3. The fraction of sp³-hybridized carbons (Fsp3) is 0.0952. The molecule has 0 fully saturated rings.